The molecule has 2 rings (SSSR count). The zero-order chi connectivity index (χ0) is 18.2. The quantitative estimate of drug-likeness (QED) is 0.620. The zero-order valence-electron chi connectivity index (χ0n) is 14.8. The number of methoxy groups -OCH3 is 2. The van der Waals surface area contributed by atoms with Gasteiger partial charge in [-0.2, -0.15) is 5.10 Å². The number of hydrazone groups is 1. The first-order valence-corrected chi connectivity index (χ1v) is 7.81. The molecular weight excluding hydrogens is 320 g/mol. The van der Waals surface area contributed by atoms with E-state index in [1.54, 1.807) is 39.3 Å². The fraction of sp³-hybridized carbons (Fsp3) is 0.263. The van der Waals surface area contributed by atoms with Crippen LogP contribution in [0.25, 0.3) is 0 Å². The summed E-state index contributed by atoms with van der Waals surface area (Å²) in [7, 11) is 3.14. The van der Waals surface area contributed by atoms with Crippen molar-refractivity contribution in [1.82, 2.24) is 5.43 Å². The molecule has 0 fully saturated rings. The number of hydrogen-bond acceptors (Lipinski definition) is 5. The first kappa shape index (κ1) is 18.3. The Hall–Kier alpha value is -3.02. The van der Waals surface area contributed by atoms with E-state index in [4.69, 9.17) is 14.2 Å². The summed E-state index contributed by atoms with van der Waals surface area (Å²) in [5.74, 6) is 1.58. The second kappa shape index (κ2) is 8.73. The molecule has 132 valence electrons. The van der Waals surface area contributed by atoms with Gasteiger partial charge >= 0.3 is 0 Å². The lowest BCUT2D eigenvalue weighted by Gasteiger charge is -2.13. The Balaban J connectivity index is 1.96. The van der Waals surface area contributed by atoms with Gasteiger partial charge in [0, 0.05) is 5.56 Å². The molecule has 25 heavy (non-hydrogen) atoms. The zero-order valence-corrected chi connectivity index (χ0v) is 14.8. The molecule has 0 aromatic heterocycles. The topological polar surface area (TPSA) is 69.2 Å². The first-order valence-electron chi connectivity index (χ1n) is 7.81. The molecule has 0 aliphatic rings. The molecule has 2 aromatic carbocycles. The lowest BCUT2D eigenvalue weighted by atomic mass is 10.2. The SMILES string of the molecule is COc1ccc(OC)c(/C=N/NC(=O)C(C)Oc2ccc(C)cc2)c1. The van der Waals surface area contributed by atoms with Gasteiger partial charge in [-0.3, -0.25) is 4.79 Å². The Labute approximate surface area is 147 Å². The fourth-order valence-corrected chi connectivity index (χ4v) is 2.07. The number of carbonyl (C=O) groups excluding carboxylic acids is 1. The summed E-state index contributed by atoms with van der Waals surface area (Å²) in [6.45, 7) is 3.65. The van der Waals surface area contributed by atoms with Crippen LogP contribution in [0.5, 0.6) is 17.2 Å². The van der Waals surface area contributed by atoms with E-state index in [0.29, 0.717) is 22.8 Å². The third-order valence-corrected chi connectivity index (χ3v) is 3.52. The molecule has 0 heterocycles. The van der Waals surface area contributed by atoms with Gasteiger partial charge in [-0.15, -0.1) is 0 Å². The van der Waals surface area contributed by atoms with Crippen LogP contribution < -0.4 is 19.6 Å². The molecule has 0 aliphatic carbocycles. The molecule has 2 aromatic rings. The average Bonchev–Trinajstić information content (AvgIpc) is 2.63. The largest absolute Gasteiger partial charge is 0.497 e. The third-order valence-electron chi connectivity index (χ3n) is 3.52. The van der Waals surface area contributed by atoms with Crippen LogP contribution in [-0.2, 0) is 4.79 Å². The standard InChI is InChI=1S/C19H22N2O4/c1-13-5-7-16(8-6-13)25-14(2)19(22)21-20-12-15-11-17(23-3)9-10-18(15)24-4/h5-12,14H,1-4H3,(H,21,22)/b20-12+. The lowest BCUT2D eigenvalue weighted by Crippen LogP contribution is -2.33. The first-order chi connectivity index (χ1) is 12.0. The number of ether oxygens (including phenoxy) is 3. The second-order valence-electron chi connectivity index (χ2n) is 5.42. The van der Waals surface area contributed by atoms with Gasteiger partial charge in [0.2, 0.25) is 0 Å². The molecular formula is C19H22N2O4. The van der Waals surface area contributed by atoms with E-state index >= 15 is 0 Å². The summed E-state index contributed by atoms with van der Waals surface area (Å²) in [5, 5.41) is 3.96. The van der Waals surface area contributed by atoms with E-state index < -0.39 is 6.10 Å². The molecule has 0 radical (unpaired) electrons. The number of carbonyl (C=O) groups is 1. The maximum Gasteiger partial charge on any atom is 0.280 e. The van der Waals surface area contributed by atoms with Crippen LogP contribution in [0.3, 0.4) is 0 Å². The van der Waals surface area contributed by atoms with Crippen LogP contribution in [0.4, 0.5) is 0 Å². The van der Waals surface area contributed by atoms with Crippen LogP contribution in [-0.4, -0.2) is 32.4 Å². The average molecular weight is 342 g/mol. The summed E-state index contributed by atoms with van der Waals surface area (Å²) in [6.07, 6.45) is 0.824. The molecule has 0 saturated heterocycles. The molecule has 0 aliphatic heterocycles. The van der Waals surface area contributed by atoms with Gasteiger partial charge in [-0.05, 0) is 44.2 Å². The second-order valence-corrected chi connectivity index (χ2v) is 5.42. The van der Waals surface area contributed by atoms with Gasteiger partial charge < -0.3 is 14.2 Å². The number of aryl methyl sites for hydroxylation is 1. The molecule has 1 amide bonds. The maximum atomic E-state index is 12.1. The van der Waals surface area contributed by atoms with Crippen molar-refractivity contribution in [2.45, 2.75) is 20.0 Å². The van der Waals surface area contributed by atoms with Gasteiger partial charge in [-0.25, -0.2) is 5.43 Å². The number of amides is 1. The molecule has 6 nitrogen and oxygen atoms in total. The van der Waals surface area contributed by atoms with E-state index in [9.17, 15) is 4.79 Å². The van der Waals surface area contributed by atoms with Gasteiger partial charge in [0.15, 0.2) is 6.10 Å². The third kappa shape index (κ3) is 5.24. The Bertz CT molecular complexity index is 742. The van der Waals surface area contributed by atoms with E-state index in [-0.39, 0.29) is 5.91 Å². The van der Waals surface area contributed by atoms with Gasteiger partial charge in [0.25, 0.3) is 5.91 Å². The number of benzene rings is 2. The Morgan fingerprint density at radius 2 is 1.76 bits per heavy atom. The predicted octanol–water partition coefficient (Wildman–Crippen LogP) is 2.93. The molecule has 0 spiro atoms. The normalized spacial score (nSPS) is 11.8. The van der Waals surface area contributed by atoms with E-state index in [2.05, 4.69) is 10.5 Å². The van der Waals surface area contributed by atoms with Gasteiger partial charge in [0.05, 0.1) is 20.4 Å². The van der Waals surface area contributed by atoms with Crippen molar-refractivity contribution >= 4 is 12.1 Å². The van der Waals surface area contributed by atoms with Crippen molar-refractivity contribution in [2.24, 2.45) is 5.10 Å². The molecule has 0 bridgehead atoms. The van der Waals surface area contributed by atoms with Gasteiger partial charge in [-0.1, -0.05) is 17.7 Å². The summed E-state index contributed by atoms with van der Waals surface area (Å²) < 4.78 is 16.0. The minimum atomic E-state index is -0.674. The molecule has 0 saturated carbocycles. The van der Waals surface area contributed by atoms with Gasteiger partial charge in [0.1, 0.15) is 17.2 Å². The van der Waals surface area contributed by atoms with Crippen molar-refractivity contribution in [3.63, 3.8) is 0 Å². The van der Waals surface area contributed by atoms with E-state index in [0.717, 1.165) is 5.56 Å². The van der Waals surface area contributed by atoms with E-state index in [1.807, 2.05) is 31.2 Å². The number of hydrogen-bond donors (Lipinski definition) is 1. The summed E-state index contributed by atoms with van der Waals surface area (Å²) in [4.78, 5) is 12.1. The predicted molar refractivity (Wildman–Crippen MR) is 96.6 cm³/mol. The van der Waals surface area contributed by atoms with Crippen LogP contribution in [0.1, 0.15) is 18.1 Å². The molecule has 6 heteroatoms. The van der Waals surface area contributed by atoms with Crippen molar-refractivity contribution < 1.29 is 19.0 Å². The Morgan fingerprint density at radius 1 is 1.08 bits per heavy atom. The Morgan fingerprint density at radius 3 is 2.40 bits per heavy atom. The summed E-state index contributed by atoms with van der Waals surface area (Å²) in [5.41, 5.74) is 4.28. The lowest BCUT2D eigenvalue weighted by molar-refractivity contribution is -0.127. The highest BCUT2D eigenvalue weighted by molar-refractivity contribution is 5.86. The number of nitrogens with zero attached hydrogens (tertiary/aromatic N) is 1. The molecule has 1 N–H and O–H groups in total. The van der Waals surface area contributed by atoms with Crippen molar-refractivity contribution in [3.8, 4) is 17.2 Å². The highest BCUT2D eigenvalue weighted by atomic mass is 16.5. The fourth-order valence-electron chi connectivity index (χ4n) is 2.07. The van der Waals surface area contributed by atoms with Crippen LogP contribution in [0.2, 0.25) is 0 Å². The van der Waals surface area contributed by atoms with Crippen molar-refractivity contribution in [3.05, 3.63) is 53.6 Å². The highest BCUT2D eigenvalue weighted by Crippen LogP contribution is 2.22. The minimum Gasteiger partial charge on any atom is -0.497 e. The van der Waals surface area contributed by atoms with Crippen LogP contribution in [0.15, 0.2) is 47.6 Å². The van der Waals surface area contributed by atoms with Crippen molar-refractivity contribution in [1.29, 1.82) is 0 Å². The number of nitrogens with one attached hydrogen (secondary N) is 1. The molecule has 1 atom stereocenters. The van der Waals surface area contributed by atoms with E-state index in [1.165, 1.54) is 6.21 Å². The number of rotatable bonds is 7. The monoisotopic (exact) mass is 342 g/mol. The minimum absolute atomic E-state index is 0.348. The van der Waals surface area contributed by atoms with Crippen molar-refractivity contribution in [2.75, 3.05) is 14.2 Å². The summed E-state index contributed by atoms with van der Waals surface area (Å²) in [6, 6.07) is 12.8. The van der Waals surface area contributed by atoms with Crippen LogP contribution in [0, 0.1) is 6.92 Å². The Kier molecular flexibility index (Phi) is 6.39. The smallest absolute Gasteiger partial charge is 0.280 e. The van der Waals surface area contributed by atoms with Crippen LogP contribution >= 0.6 is 0 Å². The summed E-state index contributed by atoms with van der Waals surface area (Å²) >= 11 is 0. The highest BCUT2D eigenvalue weighted by Gasteiger charge is 2.13. The molecule has 1 unspecified atom stereocenters. The maximum absolute atomic E-state index is 12.1.